The molecule has 1 rings (SSSR count). The monoisotopic (exact) mass is 196 g/mol. The number of allylic oxidation sites excluding steroid dienone is 1. The van der Waals surface area contributed by atoms with Gasteiger partial charge >= 0.3 is 5.97 Å². The number of hydrogen-bond donors (Lipinski definition) is 1. The second kappa shape index (κ2) is 4.63. The summed E-state index contributed by atoms with van der Waals surface area (Å²) in [5, 5.41) is 8.89. The van der Waals surface area contributed by atoms with Crippen molar-refractivity contribution in [3.8, 4) is 0 Å². The first kappa shape index (κ1) is 11.3. The molecule has 1 aliphatic rings. The molecule has 0 aromatic rings. The van der Waals surface area contributed by atoms with Crippen molar-refractivity contribution in [1.82, 2.24) is 0 Å². The van der Waals surface area contributed by atoms with Gasteiger partial charge in [0.2, 0.25) is 0 Å². The lowest BCUT2D eigenvalue weighted by Gasteiger charge is -2.28. The molecule has 1 N–H and O–H groups in total. The van der Waals surface area contributed by atoms with Crippen molar-refractivity contribution in [2.75, 3.05) is 0 Å². The zero-order valence-electron chi connectivity index (χ0n) is 9.34. The van der Waals surface area contributed by atoms with Crippen LogP contribution in [-0.4, -0.2) is 11.1 Å². The summed E-state index contributed by atoms with van der Waals surface area (Å²) >= 11 is 0. The van der Waals surface area contributed by atoms with E-state index in [0.29, 0.717) is 11.5 Å². The largest absolute Gasteiger partial charge is 0.478 e. The number of carboxylic acids is 1. The zero-order chi connectivity index (χ0) is 10.7. The topological polar surface area (TPSA) is 37.3 Å². The van der Waals surface area contributed by atoms with Crippen molar-refractivity contribution in [1.29, 1.82) is 0 Å². The van der Waals surface area contributed by atoms with Gasteiger partial charge in [0.15, 0.2) is 0 Å². The SMILES string of the molecule is CC(C(=O)O)=C(C)C1CCCC(C)C1. The summed E-state index contributed by atoms with van der Waals surface area (Å²) in [6.45, 7) is 5.96. The Hall–Kier alpha value is -0.790. The van der Waals surface area contributed by atoms with Gasteiger partial charge in [-0.2, -0.15) is 0 Å². The Morgan fingerprint density at radius 1 is 1.29 bits per heavy atom. The average Bonchev–Trinajstić information content (AvgIpc) is 2.15. The first-order valence-electron chi connectivity index (χ1n) is 5.43. The molecule has 0 heterocycles. The summed E-state index contributed by atoms with van der Waals surface area (Å²) < 4.78 is 0. The highest BCUT2D eigenvalue weighted by molar-refractivity contribution is 5.86. The van der Waals surface area contributed by atoms with Crippen LogP contribution in [0.3, 0.4) is 0 Å². The molecule has 2 unspecified atom stereocenters. The third-order valence-corrected chi connectivity index (χ3v) is 3.46. The second-order valence-corrected chi connectivity index (χ2v) is 4.58. The average molecular weight is 196 g/mol. The molecule has 0 aromatic carbocycles. The van der Waals surface area contributed by atoms with E-state index >= 15 is 0 Å². The molecule has 1 fully saturated rings. The van der Waals surface area contributed by atoms with Crippen LogP contribution in [0.4, 0.5) is 0 Å². The van der Waals surface area contributed by atoms with E-state index in [0.717, 1.165) is 17.9 Å². The Morgan fingerprint density at radius 3 is 2.43 bits per heavy atom. The molecule has 0 aliphatic heterocycles. The second-order valence-electron chi connectivity index (χ2n) is 4.58. The van der Waals surface area contributed by atoms with E-state index < -0.39 is 5.97 Å². The van der Waals surface area contributed by atoms with Gasteiger partial charge in [0.1, 0.15) is 0 Å². The smallest absolute Gasteiger partial charge is 0.331 e. The molecule has 0 bridgehead atoms. The Morgan fingerprint density at radius 2 is 1.93 bits per heavy atom. The number of hydrogen-bond acceptors (Lipinski definition) is 1. The van der Waals surface area contributed by atoms with Gasteiger partial charge in [-0.15, -0.1) is 0 Å². The summed E-state index contributed by atoms with van der Waals surface area (Å²) in [4.78, 5) is 10.8. The molecule has 1 aliphatic carbocycles. The first-order chi connectivity index (χ1) is 6.52. The van der Waals surface area contributed by atoms with E-state index in [4.69, 9.17) is 5.11 Å². The third kappa shape index (κ3) is 2.60. The fourth-order valence-electron chi connectivity index (χ4n) is 2.30. The standard InChI is InChI=1S/C12H20O2/c1-8-5-4-6-11(7-8)9(2)10(3)12(13)14/h8,11H,4-7H2,1-3H3,(H,13,14). The minimum atomic E-state index is -0.763. The maximum Gasteiger partial charge on any atom is 0.331 e. The Bertz CT molecular complexity index is 253. The molecule has 2 nitrogen and oxygen atoms in total. The predicted molar refractivity (Wildman–Crippen MR) is 57.1 cm³/mol. The van der Waals surface area contributed by atoms with Crippen LogP contribution in [0.1, 0.15) is 46.5 Å². The van der Waals surface area contributed by atoms with Gasteiger partial charge in [-0.05, 0) is 38.5 Å². The van der Waals surface area contributed by atoms with Gasteiger partial charge in [-0.3, -0.25) is 0 Å². The van der Waals surface area contributed by atoms with Gasteiger partial charge < -0.3 is 5.11 Å². The van der Waals surface area contributed by atoms with Gasteiger partial charge in [0.25, 0.3) is 0 Å². The van der Waals surface area contributed by atoms with Crippen molar-refractivity contribution in [3.05, 3.63) is 11.1 Å². The van der Waals surface area contributed by atoms with Crippen molar-refractivity contribution in [2.45, 2.75) is 46.5 Å². The molecule has 0 saturated heterocycles. The molecule has 80 valence electrons. The van der Waals surface area contributed by atoms with Crippen LogP contribution in [-0.2, 0) is 4.79 Å². The molecule has 0 aromatic heterocycles. The molecular weight excluding hydrogens is 176 g/mol. The molecule has 14 heavy (non-hydrogen) atoms. The number of carbonyl (C=O) groups is 1. The molecule has 0 spiro atoms. The van der Waals surface area contributed by atoms with Crippen LogP contribution >= 0.6 is 0 Å². The number of carboxylic acid groups (broad SMARTS) is 1. The Balaban J connectivity index is 2.72. The number of aliphatic carboxylic acids is 1. The molecule has 0 radical (unpaired) electrons. The quantitative estimate of drug-likeness (QED) is 0.688. The predicted octanol–water partition coefficient (Wildman–Crippen LogP) is 3.23. The normalized spacial score (nSPS) is 29.6. The van der Waals surface area contributed by atoms with Crippen molar-refractivity contribution >= 4 is 5.97 Å². The van der Waals surface area contributed by atoms with E-state index in [2.05, 4.69) is 6.92 Å². The maximum atomic E-state index is 10.8. The molecular formula is C12H20O2. The highest BCUT2D eigenvalue weighted by Crippen LogP contribution is 2.34. The van der Waals surface area contributed by atoms with Crippen molar-refractivity contribution in [2.24, 2.45) is 11.8 Å². The lowest BCUT2D eigenvalue weighted by molar-refractivity contribution is -0.132. The third-order valence-electron chi connectivity index (χ3n) is 3.46. The minimum Gasteiger partial charge on any atom is -0.478 e. The maximum absolute atomic E-state index is 10.8. The van der Waals surface area contributed by atoms with Crippen LogP contribution in [0.5, 0.6) is 0 Å². The van der Waals surface area contributed by atoms with Gasteiger partial charge in [-0.1, -0.05) is 25.3 Å². The van der Waals surface area contributed by atoms with E-state index in [1.54, 1.807) is 6.92 Å². The van der Waals surface area contributed by atoms with Crippen molar-refractivity contribution < 1.29 is 9.90 Å². The highest BCUT2D eigenvalue weighted by Gasteiger charge is 2.22. The Labute approximate surface area is 86.0 Å². The van der Waals surface area contributed by atoms with Crippen LogP contribution in [0.2, 0.25) is 0 Å². The zero-order valence-corrected chi connectivity index (χ0v) is 9.34. The van der Waals surface area contributed by atoms with Gasteiger partial charge in [0.05, 0.1) is 0 Å². The van der Waals surface area contributed by atoms with Gasteiger partial charge in [0, 0.05) is 5.57 Å². The molecule has 2 heteroatoms. The summed E-state index contributed by atoms with van der Waals surface area (Å²) in [5.74, 6) is 0.501. The number of rotatable bonds is 2. The highest BCUT2D eigenvalue weighted by atomic mass is 16.4. The van der Waals surface area contributed by atoms with E-state index in [1.165, 1.54) is 19.3 Å². The van der Waals surface area contributed by atoms with Crippen LogP contribution < -0.4 is 0 Å². The minimum absolute atomic E-state index is 0.509. The molecule has 2 atom stereocenters. The van der Waals surface area contributed by atoms with E-state index in [1.807, 2.05) is 6.92 Å². The fourth-order valence-corrected chi connectivity index (χ4v) is 2.30. The lowest BCUT2D eigenvalue weighted by atomic mass is 9.78. The van der Waals surface area contributed by atoms with Crippen LogP contribution in [0.15, 0.2) is 11.1 Å². The van der Waals surface area contributed by atoms with Crippen LogP contribution in [0, 0.1) is 11.8 Å². The molecule has 1 saturated carbocycles. The van der Waals surface area contributed by atoms with E-state index in [9.17, 15) is 4.79 Å². The first-order valence-corrected chi connectivity index (χ1v) is 5.43. The summed E-state index contributed by atoms with van der Waals surface area (Å²) in [6.07, 6.45) is 4.88. The molecule has 0 amide bonds. The van der Waals surface area contributed by atoms with Gasteiger partial charge in [-0.25, -0.2) is 4.79 Å². The summed E-state index contributed by atoms with van der Waals surface area (Å²) in [7, 11) is 0. The summed E-state index contributed by atoms with van der Waals surface area (Å²) in [5.41, 5.74) is 1.63. The van der Waals surface area contributed by atoms with Crippen molar-refractivity contribution in [3.63, 3.8) is 0 Å². The lowest BCUT2D eigenvalue weighted by Crippen LogP contribution is -2.16. The fraction of sp³-hybridized carbons (Fsp3) is 0.750. The summed E-state index contributed by atoms with van der Waals surface area (Å²) in [6, 6.07) is 0. The van der Waals surface area contributed by atoms with E-state index in [-0.39, 0.29) is 0 Å². The van der Waals surface area contributed by atoms with Crippen LogP contribution in [0.25, 0.3) is 0 Å². The Kier molecular flexibility index (Phi) is 3.73.